The van der Waals surface area contributed by atoms with Gasteiger partial charge in [0.05, 0.1) is 0 Å². The lowest BCUT2D eigenvalue weighted by Gasteiger charge is -2.34. The molecule has 0 saturated carbocycles. The molecule has 0 unspecified atom stereocenters. The monoisotopic (exact) mass is 181 g/mol. The van der Waals surface area contributed by atoms with Crippen LogP contribution in [0.1, 0.15) is 25.7 Å². The summed E-state index contributed by atoms with van der Waals surface area (Å²) in [6.45, 7) is 3.06. The van der Waals surface area contributed by atoms with Gasteiger partial charge in [0.15, 0.2) is 0 Å². The Labute approximate surface area is 79.7 Å². The van der Waals surface area contributed by atoms with Crippen molar-refractivity contribution in [3.8, 4) is 0 Å². The highest BCUT2D eigenvalue weighted by atomic mass is 16.2. The standard InChI is InChI=1S/C10H17N2O/c1-11-7-4-9(5-8-11)12-6-2-3-10(12)13/h9H,1-8H2. The molecule has 0 aromatic heterocycles. The Morgan fingerprint density at radius 2 is 1.92 bits per heavy atom. The molecule has 3 heteroatoms. The third kappa shape index (κ3) is 1.85. The van der Waals surface area contributed by atoms with Crippen LogP contribution in [0.15, 0.2) is 0 Å². The minimum Gasteiger partial charge on any atom is -0.340 e. The predicted molar refractivity (Wildman–Crippen MR) is 50.9 cm³/mol. The molecule has 2 fully saturated rings. The van der Waals surface area contributed by atoms with Gasteiger partial charge in [0.25, 0.3) is 0 Å². The van der Waals surface area contributed by atoms with Crippen LogP contribution in [0, 0.1) is 7.05 Å². The van der Waals surface area contributed by atoms with Crippen LogP contribution in [0.5, 0.6) is 0 Å². The van der Waals surface area contributed by atoms with Crippen molar-refractivity contribution in [2.24, 2.45) is 0 Å². The maximum Gasteiger partial charge on any atom is 0.222 e. The Kier molecular flexibility index (Phi) is 2.54. The van der Waals surface area contributed by atoms with Gasteiger partial charge in [0.2, 0.25) is 5.91 Å². The van der Waals surface area contributed by atoms with Crippen LogP contribution in [-0.4, -0.2) is 41.4 Å². The lowest BCUT2D eigenvalue weighted by Crippen LogP contribution is -2.43. The summed E-state index contributed by atoms with van der Waals surface area (Å²) in [7, 11) is 3.91. The van der Waals surface area contributed by atoms with E-state index in [0.717, 1.165) is 45.3 Å². The molecular formula is C10H17N2O. The van der Waals surface area contributed by atoms with E-state index in [1.165, 1.54) is 0 Å². The molecule has 3 nitrogen and oxygen atoms in total. The zero-order valence-corrected chi connectivity index (χ0v) is 8.04. The molecule has 73 valence electrons. The van der Waals surface area contributed by atoms with E-state index in [9.17, 15) is 4.79 Å². The molecule has 0 aromatic carbocycles. The van der Waals surface area contributed by atoms with Crippen LogP contribution < -0.4 is 0 Å². The maximum atomic E-state index is 11.5. The second kappa shape index (κ2) is 3.66. The third-order valence-corrected chi connectivity index (χ3v) is 3.11. The summed E-state index contributed by atoms with van der Waals surface area (Å²) in [5.74, 6) is 0.363. The first-order valence-electron chi connectivity index (χ1n) is 5.12. The maximum absolute atomic E-state index is 11.5. The first-order chi connectivity index (χ1) is 6.27. The van der Waals surface area contributed by atoms with Crippen molar-refractivity contribution < 1.29 is 4.79 Å². The fourth-order valence-corrected chi connectivity index (χ4v) is 2.29. The summed E-state index contributed by atoms with van der Waals surface area (Å²) in [6, 6.07) is 0.507. The van der Waals surface area contributed by atoms with Crippen LogP contribution in [0.2, 0.25) is 0 Å². The molecule has 0 aromatic rings. The highest BCUT2D eigenvalue weighted by Gasteiger charge is 2.29. The van der Waals surface area contributed by atoms with E-state index in [0.29, 0.717) is 11.9 Å². The van der Waals surface area contributed by atoms with Gasteiger partial charge in [0, 0.05) is 39.1 Å². The fourth-order valence-electron chi connectivity index (χ4n) is 2.29. The quantitative estimate of drug-likeness (QED) is 0.599. The van der Waals surface area contributed by atoms with Crippen molar-refractivity contribution in [3.05, 3.63) is 7.05 Å². The Bertz CT molecular complexity index is 197. The minimum atomic E-state index is 0.363. The van der Waals surface area contributed by atoms with E-state index < -0.39 is 0 Å². The van der Waals surface area contributed by atoms with Crippen LogP contribution in [0.3, 0.4) is 0 Å². The first-order valence-corrected chi connectivity index (χ1v) is 5.12. The highest BCUT2D eigenvalue weighted by molar-refractivity contribution is 5.78. The molecule has 2 aliphatic rings. The van der Waals surface area contributed by atoms with E-state index in [1.54, 1.807) is 0 Å². The minimum absolute atomic E-state index is 0.363. The summed E-state index contributed by atoms with van der Waals surface area (Å²) >= 11 is 0. The molecule has 0 atom stereocenters. The summed E-state index contributed by atoms with van der Waals surface area (Å²) < 4.78 is 0. The summed E-state index contributed by atoms with van der Waals surface area (Å²) in [4.78, 5) is 15.6. The number of carbonyl (C=O) groups is 1. The van der Waals surface area contributed by atoms with E-state index in [-0.39, 0.29) is 0 Å². The van der Waals surface area contributed by atoms with E-state index in [4.69, 9.17) is 0 Å². The SMILES string of the molecule is [CH2]N1CCC(N2CCCC2=O)CC1. The number of likely N-dealkylation sites (tertiary alicyclic amines) is 2. The van der Waals surface area contributed by atoms with Crippen molar-refractivity contribution in [2.75, 3.05) is 19.6 Å². The average Bonchev–Trinajstić information content (AvgIpc) is 2.53. The van der Waals surface area contributed by atoms with Crippen LogP contribution >= 0.6 is 0 Å². The van der Waals surface area contributed by atoms with Gasteiger partial charge in [-0.05, 0) is 19.3 Å². The van der Waals surface area contributed by atoms with Gasteiger partial charge < -0.3 is 9.80 Å². The number of hydrogen-bond donors (Lipinski definition) is 0. The van der Waals surface area contributed by atoms with Gasteiger partial charge in [-0.3, -0.25) is 4.79 Å². The van der Waals surface area contributed by atoms with Gasteiger partial charge in [0.1, 0.15) is 0 Å². The highest BCUT2D eigenvalue weighted by Crippen LogP contribution is 2.21. The van der Waals surface area contributed by atoms with E-state index in [2.05, 4.69) is 16.8 Å². The van der Waals surface area contributed by atoms with Gasteiger partial charge >= 0.3 is 0 Å². The van der Waals surface area contributed by atoms with Crippen molar-refractivity contribution in [1.82, 2.24) is 9.80 Å². The molecule has 13 heavy (non-hydrogen) atoms. The summed E-state index contributed by atoms with van der Waals surface area (Å²) in [5, 5.41) is 0. The Balaban J connectivity index is 1.90. The molecule has 0 N–H and O–H groups in total. The lowest BCUT2D eigenvalue weighted by molar-refractivity contribution is -0.130. The van der Waals surface area contributed by atoms with Crippen LogP contribution in [-0.2, 0) is 4.79 Å². The van der Waals surface area contributed by atoms with Gasteiger partial charge in [-0.25, -0.2) is 0 Å². The number of nitrogens with zero attached hydrogens (tertiary/aromatic N) is 2. The largest absolute Gasteiger partial charge is 0.340 e. The zero-order valence-electron chi connectivity index (χ0n) is 8.04. The Morgan fingerprint density at radius 3 is 2.46 bits per heavy atom. The lowest BCUT2D eigenvalue weighted by atomic mass is 10.0. The van der Waals surface area contributed by atoms with Crippen LogP contribution in [0.25, 0.3) is 0 Å². The number of rotatable bonds is 1. The second-order valence-corrected chi connectivity index (χ2v) is 4.04. The molecular weight excluding hydrogens is 164 g/mol. The molecule has 0 bridgehead atoms. The van der Waals surface area contributed by atoms with Crippen LogP contribution in [0.4, 0.5) is 0 Å². The zero-order chi connectivity index (χ0) is 9.26. The number of piperidine rings is 1. The smallest absolute Gasteiger partial charge is 0.222 e. The summed E-state index contributed by atoms with van der Waals surface area (Å²) in [5.41, 5.74) is 0. The first kappa shape index (κ1) is 9.00. The molecule has 2 saturated heterocycles. The van der Waals surface area contributed by atoms with Crippen molar-refractivity contribution in [1.29, 1.82) is 0 Å². The number of carbonyl (C=O) groups excluding carboxylic acids is 1. The Hall–Kier alpha value is -0.570. The summed E-state index contributed by atoms with van der Waals surface area (Å²) in [6.07, 6.45) is 4.04. The molecule has 1 radical (unpaired) electrons. The van der Waals surface area contributed by atoms with E-state index in [1.807, 2.05) is 0 Å². The molecule has 1 amide bonds. The molecule has 2 heterocycles. The topological polar surface area (TPSA) is 23.6 Å². The molecule has 0 spiro atoms. The van der Waals surface area contributed by atoms with Crippen molar-refractivity contribution in [2.45, 2.75) is 31.7 Å². The number of amides is 1. The van der Waals surface area contributed by atoms with Gasteiger partial charge in [-0.2, -0.15) is 0 Å². The number of hydrogen-bond acceptors (Lipinski definition) is 2. The van der Waals surface area contributed by atoms with Crippen molar-refractivity contribution in [3.63, 3.8) is 0 Å². The second-order valence-electron chi connectivity index (χ2n) is 4.04. The average molecular weight is 181 g/mol. The Morgan fingerprint density at radius 1 is 1.23 bits per heavy atom. The molecule has 2 rings (SSSR count). The fraction of sp³-hybridized carbons (Fsp3) is 0.800. The van der Waals surface area contributed by atoms with Crippen molar-refractivity contribution >= 4 is 5.91 Å². The van der Waals surface area contributed by atoms with Gasteiger partial charge in [-0.1, -0.05) is 0 Å². The molecule has 0 aliphatic carbocycles. The van der Waals surface area contributed by atoms with Gasteiger partial charge in [-0.15, -0.1) is 0 Å². The normalized spacial score (nSPS) is 27.2. The predicted octanol–water partition coefficient (Wildman–Crippen LogP) is 0.865. The molecule has 2 aliphatic heterocycles. The third-order valence-electron chi connectivity index (χ3n) is 3.11. The van der Waals surface area contributed by atoms with E-state index >= 15 is 0 Å².